The standard InChI is InChI=1S/C27H28BrN3O4/c1-35-16-4-15-29-26(33)22-11-7-20(8-12-22)17-23-5-2-3-6-25(23)31(27(34)30-19-32)18-21-9-13-24(28)14-10-21/h2-3,5-14,19H,4,15-18H2,1H3,(H,29,33)(H,30,32,34). The van der Waals surface area contributed by atoms with E-state index >= 15 is 0 Å². The second-order valence-electron chi connectivity index (χ2n) is 7.88. The molecular formula is C27H28BrN3O4. The summed E-state index contributed by atoms with van der Waals surface area (Å²) in [4.78, 5) is 37.7. The zero-order valence-corrected chi connectivity index (χ0v) is 21.1. The Morgan fingerprint density at radius 1 is 0.971 bits per heavy atom. The van der Waals surface area contributed by atoms with Gasteiger partial charge in [-0.05, 0) is 59.9 Å². The number of urea groups is 1. The van der Waals surface area contributed by atoms with E-state index in [9.17, 15) is 14.4 Å². The molecule has 0 heterocycles. The number of rotatable bonds is 11. The number of para-hydroxylation sites is 1. The molecule has 0 aromatic heterocycles. The zero-order valence-electron chi connectivity index (χ0n) is 19.5. The Labute approximate surface area is 213 Å². The average molecular weight is 538 g/mol. The van der Waals surface area contributed by atoms with Gasteiger partial charge in [0.25, 0.3) is 5.91 Å². The fourth-order valence-electron chi connectivity index (χ4n) is 3.61. The molecule has 0 atom stereocenters. The largest absolute Gasteiger partial charge is 0.385 e. The van der Waals surface area contributed by atoms with Crippen LogP contribution in [0.5, 0.6) is 0 Å². The van der Waals surface area contributed by atoms with E-state index < -0.39 is 6.03 Å². The van der Waals surface area contributed by atoms with E-state index in [0.717, 1.165) is 27.6 Å². The summed E-state index contributed by atoms with van der Waals surface area (Å²) in [5, 5.41) is 5.13. The molecule has 0 aliphatic heterocycles. The van der Waals surface area contributed by atoms with Crippen LogP contribution in [0, 0.1) is 0 Å². The molecule has 0 aliphatic carbocycles. The van der Waals surface area contributed by atoms with Crippen LogP contribution in [0.2, 0.25) is 0 Å². The number of imide groups is 1. The number of benzene rings is 3. The molecule has 8 heteroatoms. The number of carbonyl (C=O) groups is 3. The minimum absolute atomic E-state index is 0.126. The number of nitrogens with zero attached hydrogens (tertiary/aromatic N) is 1. The van der Waals surface area contributed by atoms with Crippen molar-refractivity contribution in [3.05, 3.63) is 99.5 Å². The maximum Gasteiger partial charge on any atom is 0.328 e. The molecular weight excluding hydrogens is 510 g/mol. The van der Waals surface area contributed by atoms with Crippen LogP contribution in [0.15, 0.2) is 77.3 Å². The fraction of sp³-hybridized carbons (Fsp3) is 0.222. The van der Waals surface area contributed by atoms with Crippen molar-refractivity contribution in [2.75, 3.05) is 25.2 Å². The summed E-state index contributed by atoms with van der Waals surface area (Å²) in [7, 11) is 1.63. The topological polar surface area (TPSA) is 87.7 Å². The number of hydrogen-bond donors (Lipinski definition) is 2. The highest BCUT2D eigenvalue weighted by Crippen LogP contribution is 2.26. The van der Waals surface area contributed by atoms with Crippen molar-refractivity contribution < 1.29 is 19.1 Å². The number of halogens is 1. The summed E-state index contributed by atoms with van der Waals surface area (Å²) >= 11 is 3.42. The lowest BCUT2D eigenvalue weighted by Gasteiger charge is -2.25. The van der Waals surface area contributed by atoms with E-state index in [1.807, 2.05) is 60.7 Å². The normalized spacial score (nSPS) is 10.5. The lowest BCUT2D eigenvalue weighted by molar-refractivity contribution is -0.108. The van der Waals surface area contributed by atoms with Gasteiger partial charge in [-0.15, -0.1) is 0 Å². The van der Waals surface area contributed by atoms with Crippen molar-refractivity contribution in [3.8, 4) is 0 Å². The van der Waals surface area contributed by atoms with Gasteiger partial charge >= 0.3 is 6.03 Å². The van der Waals surface area contributed by atoms with Gasteiger partial charge in [0.05, 0.1) is 6.54 Å². The smallest absolute Gasteiger partial charge is 0.328 e. The van der Waals surface area contributed by atoms with Crippen molar-refractivity contribution in [3.63, 3.8) is 0 Å². The van der Waals surface area contributed by atoms with Crippen LogP contribution >= 0.6 is 15.9 Å². The predicted octanol–water partition coefficient (Wildman–Crippen LogP) is 4.68. The first-order valence-corrected chi connectivity index (χ1v) is 12.0. The molecule has 35 heavy (non-hydrogen) atoms. The van der Waals surface area contributed by atoms with Crippen molar-refractivity contribution in [1.82, 2.24) is 10.6 Å². The molecule has 0 unspecified atom stereocenters. The van der Waals surface area contributed by atoms with Gasteiger partial charge in [0.15, 0.2) is 0 Å². The van der Waals surface area contributed by atoms with E-state index in [2.05, 4.69) is 26.6 Å². The minimum Gasteiger partial charge on any atom is -0.385 e. The summed E-state index contributed by atoms with van der Waals surface area (Å²) < 4.78 is 5.94. The van der Waals surface area contributed by atoms with Crippen LogP contribution in [0.3, 0.4) is 0 Å². The van der Waals surface area contributed by atoms with Crippen LogP contribution in [0.25, 0.3) is 0 Å². The van der Waals surface area contributed by atoms with Crippen molar-refractivity contribution in [2.45, 2.75) is 19.4 Å². The molecule has 3 aromatic rings. The van der Waals surface area contributed by atoms with Crippen LogP contribution in [-0.4, -0.2) is 38.6 Å². The predicted molar refractivity (Wildman–Crippen MR) is 139 cm³/mol. The first-order valence-electron chi connectivity index (χ1n) is 11.2. The Kier molecular flexibility index (Phi) is 10.0. The van der Waals surface area contributed by atoms with Crippen LogP contribution < -0.4 is 15.5 Å². The van der Waals surface area contributed by atoms with Gasteiger partial charge in [-0.25, -0.2) is 4.79 Å². The third-order valence-electron chi connectivity index (χ3n) is 5.39. The van der Waals surface area contributed by atoms with Crippen molar-refractivity contribution in [2.24, 2.45) is 0 Å². The summed E-state index contributed by atoms with van der Waals surface area (Å²) in [6, 6.07) is 22.2. The number of amides is 4. The van der Waals surface area contributed by atoms with E-state index in [-0.39, 0.29) is 5.91 Å². The minimum atomic E-state index is -0.504. The third-order valence-corrected chi connectivity index (χ3v) is 5.91. The molecule has 0 saturated carbocycles. The number of carbonyl (C=O) groups excluding carboxylic acids is 3. The Morgan fingerprint density at radius 3 is 2.34 bits per heavy atom. The van der Waals surface area contributed by atoms with Crippen LogP contribution in [0.4, 0.5) is 10.5 Å². The molecule has 2 N–H and O–H groups in total. The number of methoxy groups -OCH3 is 1. The highest BCUT2D eigenvalue weighted by atomic mass is 79.9. The molecule has 0 bridgehead atoms. The van der Waals surface area contributed by atoms with E-state index in [4.69, 9.17) is 4.74 Å². The van der Waals surface area contributed by atoms with E-state index in [1.54, 1.807) is 24.1 Å². The zero-order chi connectivity index (χ0) is 25.0. The summed E-state index contributed by atoms with van der Waals surface area (Å²) in [6.45, 7) is 1.45. The molecule has 7 nitrogen and oxygen atoms in total. The van der Waals surface area contributed by atoms with Gasteiger partial charge in [-0.2, -0.15) is 0 Å². The number of hydrogen-bond acceptors (Lipinski definition) is 4. The molecule has 0 radical (unpaired) electrons. The maximum atomic E-state index is 12.8. The second-order valence-corrected chi connectivity index (χ2v) is 8.80. The molecule has 0 saturated heterocycles. The van der Waals surface area contributed by atoms with E-state index in [1.165, 1.54) is 0 Å². The third kappa shape index (κ3) is 7.77. The van der Waals surface area contributed by atoms with Gasteiger partial charge in [0.1, 0.15) is 0 Å². The summed E-state index contributed by atoms with van der Waals surface area (Å²) in [6.07, 6.45) is 1.70. The number of nitrogens with one attached hydrogen (secondary N) is 2. The number of anilines is 1. The first kappa shape index (κ1) is 26.1. The summed E-state index contributed by atoms with van der Waals surface area (Å²) in [5.41, 5.74) is 4.12. The Balaban J connectivity index is 1.78. The highest BCUT2D eigenvalue weighted by Gasteiger charge is 2.19. The molecule has 0 fully saturated rings. The molecule has 4 amide bonds. The second kappa shape index (κ2) is 13.4. The lowest BCUT2D eigenvalue weighted by atomic mass is 10.0. The van der Waals surface area contributed by atoms with Crippen LogP contribution in [-0.2, 0) is 22.5 Å². The number of ether oxygens (including phenoxy) is 1. The Bertz CT molecular complexity index is 1130. The molecule has 3 aromatic carbocycles. The fourth-order valence-corrected chi connectivity index (χ4v) is 3.87. The van der Waals surface area contributed by atoms with Crippen LogP contribution in [0.1, 0.15) is 33.5 Å². The lowest BCUT2D eigenvalue weighted by Crippen LogP contribution is -2.39. The molecule has 0 spiro atoms. The van der Waals surface area contributed by atoms with Crippen molar-refractivity contribution in [1.29, 1.82) is 0 Å². The molecule has 0 aliphatic rings. The molecule has 182 valence electrons. The van der Waals surface area contributed by atoms with E-state index in [0.29, 0.717) is 43.8 Å². The monoisotopic (exact) mass is 537 g/mol. The summed E-state index contributed by atoms with van der Waals surface area (Å²) in [5.74, 6) is -0.126. The quantitative estimate of drug-likeness (QED) is 0.274. The average Bonchev–Trinajstić information content (AvgIpc) is 2.87. The van der Waals surface area contributed by atoms with Gasteiger partial charge in [-0.1, -0.05) is 58.4 Å². The SMILES string of the molecule is COCCCNC(=O)c1ccc(Cc2ccccc2N(Cc2ccc(Br)cc2)C(=O)NC=O)cc1. The van der Waals surface area contributed by atoms with Gasteiger partial charge in [-0.3, -0.25) is 19.8 Å². The Morgan fingerprint density at radius 2 is 1.66 bits per heavy atom. The first-order chi connectivity index (χ1) is 17.0. The Hall–Kier alpha value is -3.49. The highest BCUT2D eigenvalue weighted by molar-refractivity contribution is 9.10. The molecule has 3 rings (SSSR count). The van der Waals surface area contributed by atoms with Gasteiger partial charge in [0, 0.05) is 36.0 Å². The van der Waals surface area contributed by atoms with Gasteiger partial charge in [0.2, 0.25) is 6.41 Å². The van der Waals surface area contributed by atoms with Gasteiger partial charge < -0.3 is 10.1 Å². The van der Waals surface area contributed by atoms with Crippen molar-refractivity contribution >= 4 is 40.0 Å². The maximum absolute atomic E-state index is 12.8.